The highest BCUT2D eigenvalue weighted by atomic mass is 32.2. The molecule has 0 unspecified atom stereocenters. The summed E-state index contributed by atoms with van der Waals surface area (Å²) in [5.74, 6) is -0.941. The number of nitrogens with two attached hydrogens (primary N) is 2. The Balaban J connectivity index is 1.66. The van der Waals surface area contributed by atoms with E-state index in [1.807, 2.05) is 6.07 Å². The van der Waals surface area contributed by atoms with E-state index in [0.717, 1.165) is 5.56 Å². The van der Waals surface area contributed by atoms with Crippen molar-refractivity contribution in [2.45, 2.75) is 56.5 Å². The summed E-state index contributed by atoms with van der Waals surface area (Å²) in [6.07, 6.45) is 2.71. The summed E-state index contributed by atoms with van der Waals surface area (Å²) < 4.78 is 28.4. The molecule has 2 amide bonds. The van der Waals surface area contributed by atoms with Crippen LogP contribution < -0.4 is 21.5 Å². The van der Waals surface area contributed by atoms with Gasteiger partial charge in [-0.25, -0.2) is 13.1 Å². The van der Waals surface area contributed by atoms with Gasteiger partial charge in [-0.1, -0.05) is 61.0 Å². The molecule has 0 bridgehead atoms. The van der Waals surface area contributed by atoms with Gasteiger partial charge in [0.1, 0.15) is 17.9 Å². The van der Waals surface area contributed by atoms with Crippen molar-refractivity contribution >= 4 is 27.7 Å². The molecular weight excluding hydrogens is 492 g/mol. The molecule has 0 saturated carbocycles. The number of unbranched alkanes of at least 4 members (excludes halogenated alkanes) is 1. The molecule has 11 heteroatoms. The van der Waals surface area contributed by atoms with Crippen LogP contribution in [-0.2, 0) is 31.9 Å². The molecule has 200 valence electrons. The zero-order chi connectivity index (χ0) is 26.8. The first-order valence-electron chi connectivity index (χ1n) is 12.5. The highest BCUT2D eigenvalue weighted by Crippen LogP contribution is 2.21. The maximum absolute atomic E-state index is 13.5. The molecule has 1 heterocycles. The lowest BCUT2D eigenvalue weighted by atomic mass is 10.1. The van der Waals surface area contributed by atoms with Crippen LogP contribution in [-0.4, -0.2) is 56.1 Å². The van der Waals surface area contributed by atoms with Gasteiger partial charge in [0.05, 0.1) is 5.75 Å². The average Bonchev–Trinajstić information content (AvgIpc) is 3.37. The molecule has 0 spiro atoms. The first kappa shape index (κ1) is 28.3. The van der Waals surface area contributed by atoms with Crippen LogP contribution in [0.5, 0.6) is 0 Å². The predicted octanol–water partition coefficient (Wildman–Crippen LogP) is 1.20. The number of amidine groups is 1. The molecule has 1 saturated heterocycles. The number of rotatable bonds is 13. The van der Waals surface area contributed by atoms with Crippen molar-refractivity contribution in [2.75, 3.05) is 13.1 Å². The van der Waals surface area contributed by atoms with Crippen LogP contribution in [0.2, 0.25) is 0 Å². The molecule has 0 aliphatic carbocycles. The average molecular weight is 529 g/mol. The summed E-state index contributed by atoms with van der Waals surface area (Å²) in [6, 6.07) is 14.1. The lowest BCUT2D eigenvalue weighted by molar-refractivity contribution is -0.139. The molecule has 1 fully saturated rings. The number of amides is 2. The van der Waals surface area contributed by atoms with E-state index >= 15 is 0 Å². The first-order valence-corrected chi connectivity index (χ1v) is 14.1. The third kappa shape index (κ3) is 8.38. The van der Waals surface area contributed by atoms with Gasteiger partial charge >= 0.3 is 0 Å². The fraction of sp³-hybridized carbons (Fsp3) is 0.423. The summed E-state index contributed by atoms with van der Waals surface area (Å²) in [6.45, 7) is 1.09. The van der Waals surface area contributed by atoms with Crippen LogP contribution in [0.25, 0.3) is 0 Å². The van der Waals surface area contributed by atoms with Gasteiger partial charge in [0.2, 0.25) is 21.8 Å². The van der Waals surface area contributed by atoms with Crippen molar-refractivity contribution in [2.24, 2.45) is 11.5 Å². The zero-order valence-corrected chi connectivity index (χ0v) is 21.7. The number of nitrogens with one attached hydrogen (secondary N) is 3. The van der Waals surface area contributed by atoms with Gasteiger partial charge < -0.3 is 21.7 Å². The van der Waals surface area contributed by atoms with Gasteiger partial charge in [-0.3, -0.25) is 15.0 Å². The molecule has 1 aliphatic rings. The standard InChI is InChI=1S/C26H36N6O4S/c27-15-5-4-9-22(31-37(35,36)18-20-7-2-1-3-8-20)26(34)32-16-6-10-23(32)25(33)30-17-19-11-13-21(14-12-19)24(28)29/h1-3,7-8,11-14,22-23,31H,4-6,9-10,15-18,27H2,(H3,28,29)(H,30,33)/t22-,23-/m1/s1. The van der Waals surface area contributed by atoms with Crippen molar-refractivity contribution in [1.82, 2.24) is 14.9 Å². The minimum atomic E-state index is -3.79. The lowest BCUT2D eigenvalue weighted by Crippen LogP contribution is -2.53. The van der Waals surface area contributed by atoms with Crippen LogP contribution in [0, 0.1) is 5.41 Å². The SMILES string of the molecule is N=C(N)c1ccc(CNC(=O)[C@H]2CCCN2C(=O)[C@@H](CCCCN)NS(=O)(=O)Cc2ccccc2)cc1. The number of nitrogen functional groups attached to an aromatic ring is 1. The number of sulfonamides is 1. The fourth-order valence-electron chi connectivity index (χ4n) is 4.39. The Morgan fingerprint density at radius 3 is 2.41 bits per heavy atom. The predicted molar refractivity (Wildman–Crippen MR) is 143 cm³/mol. The number of carbonyl (C=O) groups excluding carboxylic acids is 2. The summed E-state index contributed by atoms with van der Waals surface area (Å²) in [5, 5.41) is 10.3. The molecule has 10 nitrogen and oxygen atoms in total. The summed E-state index contributed by atoms with van der Waals surface area (Å²) in [4.78, 5) is 28.0. The third-order valence-corrected chi connectivity index (χ3v) is 7.69. The van der Waals surface area contributed by atoms with Crippen LogP contribution in [0.15, 0.2) is 54.6 Å². The van der Waals surface area contributed by atoms with Crippen LogP contribution >= 0.6 is 0 Å². The first-order chi connectivity index (χ1) is 17.7. The van der Waals surface area contributed by atoms with E-state index in [4.69, 9.17) is 16.9 Å². The smallest absolute Gasteiger partial charge is 0.243 e. The molecule has 0 radical (unpaired) electrons. The van der Waals surface area contributed by atoms with E-state index < -0.39 is 28.0 Å². The summed E-state index contributed by atoms with van der Waals surface area (Å²) >= 11 is 0. The maximum atomic E-state index is 13.5. The fourth-order valence-corrected chi connectivity index (χ4v) is 5.76. The van der Waals surface area contributed by atoms with Crippen molar-refractivity contribution in [3.05, 3.63) is 71.3 Å². The molecule has 2 aromatic rings. The van der Waals surface area contributed by atoms with Gasteiger partial charge in [-0.05, 0) is 43.4 Å². The van der Waals surface area contributed by atoms with Gasteiger partial charge in [-0.2, -0.15) is 0 Å². The number of carbonyl (C=O) groups is 2. The van der Waals surface area contributed by atoms with Crippen LogP contribution in [0.3, 0.4) is 0 Å². The number of likely N-dealkylation sites (tertiary alicyclic amines) is 1. The number of benzene rings is 2. The summed E-state index contributed by atoms with van der Waals surface area (Å²) in [7, 11) is -3.79. The van der Waals surface area contributed by atoms with Crippen molar-refractivity contribution in [3.63, 3.8) is 0 Å². The van der Waals surface area contributed by atoms with Gasteiger partial charge in [0, 0.05) is 18.7 Å². The summed E-state index contributed by atoms with van der Waals surface area (Å²) in [5.41, 5.74) is 13.1. The molecule has 0 aromatic heterocycles. The molecule has 1 aliphatic heterocycles. The Morgan fingerprint density at radius 2 is 1.76 bits per heavy atom. The minimum Gasteiger partial charge on any atom is -0.384 e. The zero-order valence-electron chi connectivity index (χ0n) is 20.9. The maximum Gasteiger partial charge on any atom is 0.243 e. The lowest BCUT2D eigenvalue weighted by Gasteiger charge is -2.28. The van der Waals surface area contributed by atoms with Crippen LogP contribution in [0.1, 0.15) is 48.8 Å². The molecule has 3 rings (SSSR count). The van der Waals surface area contributed by atoms with Crippen molar-refractivity contribution < 1.29 is 18.0 Å². The quantitative estimate of drug-likeness (QED) is 0.148. The molecule has 2 atom stereocenters. The number of hydrogen-bond acceptors (Lipinski definition) is 6. The number of nitrogens with zero attached hydrogens (tertiary/aromatic N) is 1. The normalized spacial score (nSPS) is 16.4. The van der Waals surface area contributed by atoms with E-state index in [2.05, 4.69) is 10.0 Å². The van der Waals surface area contributed by atoms with E-state index in [9.17, 15) is 18.0 Å². The van der Waals surface area contributed by atoms with Crippen molar-refractivity contribution in [3.8, 4) is 0 Å². The van der Waals surface area contributed by atoms with Crippen molar-refractivity contribution in [1.29, 1.82) is 5.41 Å². The Morgan fingerprint density at radius 1 is 1.05 bits per heavy atom. The molecular formula is C26H36N6O4S. The minimum absolute atomic E-state index is 0.0314. The van der Waals surface area contributed by atoms with Crippen LogP contribution in [0.4, 0.5) is 0 Å². The second-order valence-electron chi connectivity index (χ2n) is 9.22. The number of hydrogen-bond donors (Lipinski definition) is 5. The second-order valence-corrected chi connectivity index (χ2v) is 11.0. The van der Waals surface area contributed by atoms with E-state index in [-0.39, 0.29) is 24.0 Å². The monoisotopic (exact) mass is 528 g/mol. The highest BCUT2D eigenvalue weighted by Gasteiger charge is 2.38. The Hall–Kier alpha value is -3.28. The Bertz CT molecular complexity index is 1170. The van der Waals surface area contributed by atoms with E-state index in [1.54, 1.807) is 48.5 Å². The van der Waals surface area contributed by atoms with Gasteiger partial charge in [0.25, 0.3) is 0 Å². The van der Waals surface area contributed by atoms with Gasteiger partial charge in [-0.15, -0.1) is 0 Å². The third-order valence-electron chi connectivity index (χ3n) is 6.34. The molecule has 2 aromatic carbocycles. The Kier molecular flexibility index (Phi) is 10.2. The largest absolute Gasteiger partial charge is 0.384 e. The second kappa shape index (κ2) is 13.3. The van der Waals surface area contributed by atoms with E-state index in [0.29, 0.717) is 56.3 Å². The topological polar surface area (TPSA) is 171 Å². The molecule has 37 heavy (non-hydrogen) atoms. The van der Waals surface area contributed by atoms with E-state index in [1.165, 1.54) is 4.90 Å². The highest BCUT2D eigenvalue weighted by molar-refractivity contribution is 7.88. The molecule has 7 N–H and O–H groups in total. The van der Waals surface area contributed by atoms with Gasteiger partial charge in [0.15, 0.2) is 0 Å². The Labute approximate surface area is 218 Å².